The van der Waals surface area contributed by atoms with Gasteiger partial charge in [0.05, 0.1) is 17.5 Å². The van der Waals surface area contributed by atoms with Crippen LogP contribution in [0.15, 0.2) is 54.9 Å². The number of hydrogen-bond acceptors (Lipinski definition) is 5. The Bertz CT molecular complexity index is 670. The number of aromatic nitrogens is 1. The Morgan fingerprint density at radius 3 is 2.65 bits per heavy atom. The van der Waals surface area contributed by atoms with E-state index in [9.17, 15) is 4.79 Å². The van der Waals surface area contributed by atoms with Crippen LogP contribution in [0.3, 0.4) is 0 Å². The van der Waals surface area contributed by atoms with Crippen molar-refractivity contribution in [3.63, 3.8) is 0 Å². The molecule has 3 rings (SSSR count). The number of carbonyl (C=O) groups is 1. The van der Waals surface area contributed by atoms with Crippen LogP contribution < -0.4 is 16.3 Å². The second-order valence-electron chi connectivity index (χ2n) is 4.16. The smallest absolute Gasteiger partial charge is 0.250 e. The number of hydrazine groups is 1. The van der Waals surface area contributed by atoms with E-state index in [1.54, 1.807) is 23.3 Å². The van der Waals surface area contributed by atoms with Crippen LogP contribution in [0.25, 0.3) is 11.3 Å². The monoisotopic (exact) mass is 268 g/mol. The number of rotatable bonds is 3. The predicted octanol–water partition coefficient (Wildman–Crippen LogP) is 1.57. The number of anilines is 1. The average molecular weight is 268 g/mol. The maximum Gasteiger partial charge on any atom is 0.250 e. The van der Waals surface area contributed by atoms with Gasteiger partial charge in [-0.25, -0.2) is 9.99 Å². The minimum atomic E-state index is -0.510. The van der Waals surface area contributed by atoms with Gasteiger partial charge in [0.25, 0.3) is 5.91 Å². The van der Waals surface area contributed by atoms with Gasteiger partial charge in [-0.05, 0) is 12.1 Å². The second-order valence-corrected chi connectivity index (χ2v) is 4.16. The van der Waals surface area contributed by atoms with Gasteiger partial charge in [0.2, 0.25) is 0 Å². The first kappa shape index (κ1) is 12.2. The lowest BCUT2D eigenvalue weighted by Crippen LogP contribution is -2.28. The lowest BCUT2D eigenvalue weighted by molar-refractivity contribution is 0.100. The molecule has 1 aromatic carbocycles. The predicted molar refractivity (Wildman–Crippen MR) is 74.0 cm³/mol. The fourth-order valence-corrected chi connectivity index (χ4v) is 1.93. The number of primary amides is 1. The first-order chi connectivity index (χ1) is 9.75. The molecule has 0 bridgehead atoms. The summed E-state index contributed by atoms with van der Waals surface area (Å²) in [5.41, 5.74) is 9.80. The molecule has 0 atom stereocenters. The summed E-state index contributed by atoms with van der Waals surface area (Å²) < 4.78 is 0. The summed E-state index contributed by atoms with van der Waals surface area (Å²) in [7, 11) is 0. The van der Waals surface area contributed by atoms with Crippen LogP contribution in [0.4, 0.5) is 5.82 Å². The molecular formula is C14H12N4O2. The van der Waals surface area contributed by atoms with E-state index in [1.165, 1.54) is 6.26 Å². The SMILES string of the molecule is NC(=O)c1ccc(N2C=CON2)nc1-c1ccccc1. The molecule has 0 spiro atoms. The van der Waals surface area contributed by atoms with Crippen molar-refractivity contribution in [2.24, 2.45) is 5.73 Å². The second kappa shape index (κ2) is 5.02. The number of nitrogens with two attached hydrogens (primary N) is 1. The molecule has 20 heavy (non-hydrogen) atoms. The van der Waals surface area contributed by atoms with Crippen molar-refractivity contribution in [2.45, 2.75) is 0 Å². The van der Waals surface area contributed by atoms with Crippen LogP contribution in [0, 0.1) is 0 Å². The molecule has 0 unspecified atom stereocenters. The van der Waals surface area contributed by atoms with Crippen LogP contribution in [-0.4, -0.2) is 10.9 Å². The van der Waals surface area contributed by atoms with Gasteiger partial charge in [-0.15, -0.1) is 0 Å². The third-order valence-corrected chi connectivity index (χ3v) is 2.87. The number of nitrogens with zero attached hydrogens (tertiary/aromatic N) is 2. The van der Waals surface area contributed by atoms with Crippen LogP contribution in [0.2, 0.25) is 0 Å². The molecule has 3 N–H and O–H groups in total. The summed E-state index contributed by atoms with van der Waals surface area (Å²) in [4.78, 5) is 20.9. The summed E-state index contributed by atoms with van der Waals surface area (Å²) in [6, 6.07) is 12.8. The maximum absolute atomic E-state index is 11.5. The zero-order valence-electron chi connectivity index (χ0n) is 10.5. The standard InChI is InChI=1S/C14H12N4O2/c15-14(19)11-6-7-12(18-8-9-20-17-18)16-13(11)10-4-2-1-3-5-10/h1-9,17H,(H2,15,19). The summed E-state index contributed by atoms with van der Waals surface area (Å²) in [6.07, 6.45) is 3.17. The number of pyridine rings is 1. The zero-order chi connectivity index (χ0) is 13.9. The van der Waals surface area contributed by atoms with Gasteiger partial charge in [-0.3, -0.25) is 4.79 Å². The molecule has 0 saturated heterocycles. The normalized spacial score (nSPS) is 13.3. The Labute approximate surface area is 115 Å². The lowest BCUT2D eigenvalue weighted by atomic mass is 10.1. The molecule has 2 heterocycles. The van der Waals surface area contributed by atoms with Gasteiger partial charge in [-0.2, -0.15) is 0 Å². The minimum Gasteiger partial charge on any atom is -0.395 e. The van der Waals surface area contributed by atoms with E-state index in [-0.39, 0.29) is 0 Å². The number of benzene rings is 1. The van der Waals surface area contributed by atoms with Gasteiger partial charge in [0.1, 0.15) is 12.1 Å². The molecule has 0 radical (unpaired) electrons. The zero-order valence-corrected chi connectivity index (χ0v) is 10.5. The van der Waals surface area contributed by atoms with Gasteiger partial charge >= 0.3 is 0 Å². The highest BCUT2D eigenvalue weighted by Gasteiger charge is 2.16. The van der Waals surface area contributed by atoms with Gasteiger partial charge < -0.3 is 10.6 Å². The Hall–Kier alpha value is -2.86. The topological polar surface area (TPSA) is 80.5 Å². The highest BCUT2D eigenvalue weighted by atomic mass is 16.7. The van der Waals surface area contributed by atoms with Gasteiger partial charge in [-0.1, -0.05) is 35.9 Å². The van der Waals surface area contributed by atoms with Crippen molar-refractivity contribution >= 4 is 11.7 Å². The van der Waals surface area contributed by atoms with Crippen LogP contribution >= 0.6 is 0 Å². The summed E-state index contributed by atoms with van der Waals surface area (Å²) in [5.74, 6) is 0.0895. The van der Waals surface area contributed by atoms with E-state index >= 15 is 0 Å². The third-order valence-electron chi connectivity index (χ3n) is 2.87. The van der Waals surface area contributed by atoms with E-state index in [2.05, 4.69) is 10.6 Å². The Balaban J connectivity index is 2.11. The van der Waals surface area contributed by atoms with Crippen LogP contribution in [0.1, 0.15) is 10.4 Å². The molecule has 2 aromatic rings. The Kier molecular flexibility index (Phi) is 3.06. The molecule has 0 saturated carbocycles. The average Bonchev–Trinajstić information content (AvgIpc) is 3.02. The van der Waals surface area contributed by atoms with Gasteiger partial charge in [0.15, 0.2) is 0 Å². The molecule has 6 heteroatoms. The van der Waals surface area contributed by atoms with Crippen molar-refractivity contribution < 1.29 is 9.63 Å². The summed E-state index contributed by atoms with van der Waals surface area (Å²) in [5, 5.41) is 1.59. The van der Waals surface area contributed by atoms with Crippen molar-refractivity contribution in [3.05, 3.63) is 60.5 Å². The first-order valence-corrected chi connectivity index (χ1v) is 5.99. The largest absolute Gasteiger partial charge is 0.395 e. The first-order valence-electron chi connectivity index (χ1n) is 5.99. The highest BCUT2D eigenvalue weighted by Crippen LogP contribution is 2.24. The maximum atomic E-state index is 11.5. The Morgan fingerprint density at radius 2 is 2.00 bits per heavy atom. The van der Waals surface area contributed by atoms with Crippen LogP contribution in [0.5, 0.6) is 0 Å². The molecule has 100 valence electrons. The van der Waals surface area contributed by atoms with E-state index in [1.807, 2.05) is 30.3 Å². The quantitative estimate of drug-likeness (QED) is 0.883. The number of nitrogens with one attached hydrogen (secondary N) is 1. The molecule has 0 aliphatic carbocycles. The number of amides is 1. The van der Waals surface area contributed by atoms with Crippen molar-refractivity contribution in [1.29, 1.82) is 0 Å². The van der Waals surface area contributed by atoms with E-state index < -0.39 is 5.91 Å². The third kappa shape index (κ3) is 2.19. The van der Waals surface area contributed by atoms with E-state index in [0.29, 0.717) is 17.1 Å². The van der Waals surface area contributed by atoms with E-state index in [4.69, 9.17) is 10.6 Å². The fraction of sp³-hybridized carbons (Fsp3) is 0. The summed E-state index contributed by atoms with van der Waals surface area (Å²) in [6.45, 7) is 0. The molecular weight excluding hydrogens is 256 g/mol. The molecule has 1 amide bonds. The fourth-order valence-electron chi connectivity index (χ4n) is 1.93. The number of carbonyl (C=O) groups excluding carboxylic acids is 1. The molecule has 1 aliphatic heterocycles. The number of hydrogen-bond donors (Lipinski definition) is 2. The molecule has 6 nitrogen and oxygen atoms in total. The molecule has 1 aromatic heterocycles. The highest BCUT2D eigenvalue weighted by molar-refractivity contribution is 5.99. The van der Waals surface area contributed by atoms with Crippen molar-refractivity contribution in [3.8, 4) is 11.3 Å². The van der Waals surface area contributed by atoms with E-state index in [0.717, 1.165) is 5.56 Å². The van der Waals surface area contributed by atoms with Crippen molar-refractivity contribution in [1.82, 2.24) is 10.6 Å². The molecule has 1 aliphatic rings. The van der Waals surface area contributed by atoms with Crippen molar-refractivity contribution in [2.75, 3.05) is 5.01 Å². The summed E-state index contributed by atoms with van der Waals surface area (Å²) >= 11 is 0. The van der Waals surface area contributed by atoms with Gasteiger partial charge in [0, 0.05) is 5.56 Å². The van der Waals surface area contributed by atoms with Crippen LogP contribution in [-0.2, 0) is 4.84 Å². The minimum absolute atomic E-state index is 0.379. The lowest BCUT2D eigenvalue weighted by Gasteiger charge is -2.15. The molecule has 0 fully saturated rings. The Morgan fingerprint density at radius 1 is 1.20 bits per heavy atom.